The van der Waals surface area contributed by atoms with E-state index in [0.29, 0.717) is 0 Å². The number of thioether (sulfide) groups is 1. The molecule has 3 nitrogen and oxygen atoms in total. The van der Waals surface area contributed by atoms with E-state index in [0.717, 1.165) is 27.7 Å². The van der Waals surface area contributed by atoms with Gasteiger partial charge in [-0.25, -0.2) is 4.98 Å². The molecule has 0 aliphatic carbocycles. The van der Waals surface area contributed by atoms with Gasteiger partial charge in [-0.05, 0) is 18.6 Å². The van der Waals surface area contributed by atoms with E-state index >= 15 is 0 Å². The van der Waals surface area contributed by atoms with Gasteiger partial charge in [0.25, 0.3) is 0 Å². The third-order valence-electron chi connectivity index (χ3n) is 3.40. The molecule has 110 valence electrons. The Morgan fingerprint density at radius 1 is 1.15 bits per heavy atom. The number of unbranched alkanes of at least 4 members (excludes halogenated alkanes) is 5. The van der Waals surface area contributed by atoms with Crippen LogP contribution in [-0.2, 0) is 0 Å². The second-order valence-electron chi connectivity index (χ2n) is 5.04. The van der Waals surface area contributed by atoms with Gasteiger partial charge in [-0.1, -0.05) is 50.8 Å². The van der Waals surface area contributed by atoms with E-state index < -0.39 is 0 Å². The van der Waals surface area contributed by atoms with Gasteiger partial charge in [-0.15, -0.1) is 0 Å². The van der Waals surface area contributed by atoms with Crippen molar-refractivity contribution in [3.8, 4) is 5.75 Å². The minimum Gasteiger partial charge on any atom is -0.497 e. The molecular weight excluding hydrogens is 268 g/mol. The van der Waals surface area contributed by atoms with Crippen LogP contribution in [0.25, 0.3) is 11.0 Å². The van der Waals surface area contributed by atoms with Gasteiger partial charge in [-0.2, -0.15) is 0 Å². The lowest BCUT2D eigenvalue weighted by molar-refractivity contribution is 0.415. The number of hydrogen-bond donors (Lipinski definition) is 1. The first-order chi connectivity index (χ1) is 9.83. The number of hydrogen-bond acceptors (Lipinski definition) is 3. The van der Waals surface area contributed by atoms with E-state index in [9.17, 15) is 0 Å². The summed E-state index contributed by atoms with van der Waals surface area (Å²) in [7, 11) is 1.69. The first kappa shape index (κ1) is 15.2. The zero-order valence-electron chi connectivity index (χ0n) is 12.4. The summed E-state index contributed by atoms with van der Waals surface area (Å²) in [4.78, 5) is 7.94. The number of fused-ring (bicyclic) bond motifs is 1. The number of aromatic amines is 1. The van der Waals surface area contributed by atoms with Crippen molar-refractivity contribution >= 4 is 22.8 Å². The van der Waals surface area contributed by atoms with Crippen molar-refractivity contribution in [3.05, 3.63) is 18.2 Å². The Morgan fingerprint density at radius 2 is 1.95 bits per heavy atom. The average molecular weight is 292 g/mol. The summed E-state index contributed by atoms with van der Waals surface area (Å²) in [6.45, 7) is 2.26. The van der Waals surface area contributed by atoms with Crippen molar-refractivity contribution in [2.75, 3.05) is 12.9 Å². The normalized spacial score (nSPS) is 11.1. The van der Waals surface area contributed by atoms with Crippen LogP contribution < -0.4 is 4.74 Å². The van der Waals surface area contributed by atoms with Crippen LogP contribution in [0.2, 0.25) is 0 Å². The zero-order chi connectivity index (χ0) is 14.2. The summed E-state index contributed by atoms with van der Waals surface area (Å²) in [6.07, 6.45) is 8.04. The van der Waals surface area contributed by atoms with Crippen LogP contribution >= 0.6 is 11.8 Å². The molecule has 1 heterocycles. The van der Waals surface area contributed by atoms with Gasteiger partial charge in [0.15, 0.2) is 5.16 Å². The summed E-state index contributed by atoms with van der Waals surface area (Å²) < 4.78 is 5.22. The van der Waals surface area contributed by atoms with Gasteiger partial charge in [0.1, 0.15) is 5.75 Å². The van der Waals surface area contributed by atoms with Gasteiger partial charge in [0, 0.05) is 11.8 Å². The molecule has 2 aromatic rings. The van der Waals surface area contributed by atoms with Gasteiger partial charge in [-0.3, -0.25) is 0 Å². The van der Waals surface area contributed by atoms with Crippen LogP contribution in [0.15, 0.2) is 23.4 Å². The largest absolute Gasteiger partial charge is 0.497 e. The number of aromatic nitrogens is 2. The van der Waals surface area contributed by atoms with Crippen LogP contribution in [0.5, 0.6) is 5.75 Å². The van der Waals surface area contributed by atoms with Crippen molar-refractivity contribution in [2.24, 2.45) is 0 Å². The van der Waals surface area contributed by atoms with Gasteiger partial charge in [0.2, 0.25) is 0 Å². The van der Waals surface area contributed by atoms with Crippen LogP contribution in [0.1, 0.15) is 45.4 Å². The molecule has 0 radical (unpaired) electrons. The van der Waals surface area contributed by atoms with E-state index in [-0.39, 0.29) is 0 Å². The van der Waals surface area contributed by atoms with Gasteiger partial charge < -0.3 is 9.72 Å². The highest BCUT2D eigenvalue weighted by atomic mass is 32.2. The quantitative estimate of drug-likeness (QED) is 0.520. The third kappa shape index (κ3) is 4.44. The van der Waals surface area contributed by atoms with E-state index in [1.807, 2.05) is 30.0 Å². The molecule has 4 heteroatoms. The maximum absolute atomic E-state index is 5.22. The highest BCUT2D eigenvalue weighted by Gasteiger charge is 2.04. The maximum atomic E-state index is 5.22. The first-order valence-corrected chi connectivity index (χ1v) is 8.48. The van der Waals surface area contributed by atoms with Crippen molar-refractivity contribution in [1.29, 1.82) is 0 Å². The van der Waals surface area contributed by atoms with Crippen molar-refractivity contribution < 1.29 is 4.74 Å². The fourth-order valence-corrected chi connectivity index (χ4v) is 3.10. The Balaban J connectivity index is 1.76. The van der Waals surface area contributed by atoms with Gasteiger partial charge >= 0.3 is 0 Å². The number of rotatable bonds is 9. The maximum Gasteiger partial charge on any atom is 0.166 e. The lowest BCUT2D eigenvalue weighted by atomic mass is 10.1. The summed E-state index contributed by atoms with van der Waals surface area (Å²) in [5.41, 5.74) is 2.06. The molecular formula is C16H24N2OS. The number of imidazole rings is 1. The van der Waals surface area contributed by atoms with E-state index in [1.165, 1.54) is 38.5 Å². The molecule has 0 amide bonds. The number of methoxy groups -OCH3 is 1. The minimum atomic E-state index is 0.869. The molecule has 1 aromatic heterocycles. The molecule has 0 aliphatic rings. The molecule has 0 aliphatic heterocycles. The Labute approximate surface area is 125 Å². The molecule has 1 aromatic carbocycles. The predicted octanol–water partition coefficient (Wildman–Crippen LogP) is 5.02. The van der Waals surface area contributed by atoms with E-state index in [2.05, 4.69) is 16.9 Å². The summed E-state index contributed by atoms with van der Waals surface area (Å²) in [6, 6.07) is 5.95. The number of nitrogens with zero attached hydrogens (tertiary/aromatic N) is 1. The van der Waals surface area contributed by atoms with Crippen LogP contribution in [0.3, 0.4) is 0 Å². The second-order valence-corrected chi connectivity index (χ2v) is 6.12. The number of H-pyrrole nitrogens is 1. The highest BCUT2D eigenvalue weighted by molar-refractivity contribution is 7.99. The molecule has 0 saturated heterocycles. The highest BCUT2D eigenvalue weighted by Crippen LogP contribution is 2.23. The fourth-order valence-electron chi connectivity index (χ4n) is 2.21. The van der Waals surface area contributed by atoms with Crippen LogP contribution in [0, 0.1) is 0 Å². The lowest BCUT2D eigenvalue weighted by Gasteiger charge is -1.99. The Hall–Kier alpha value is -1.16. The predicted molar refractivity (Wildman–Crippen MR) is 86.7 cm³/mol. The second kappa shape index (κ2) is 8.20. The molecule has 2 rings (SSSR count). The Morgan fingerprint density at radius 3 is 2.75 bits per heavy atom. The van der Waals surface area contributed by atoms with Gasteiger partial charge in [0.05, 0.1) is 18.1 Å². The standard InChI is InChI=1S/C16H24N2OS/c1-3-4-5-6-7-8-11-20-16-17-14-10-9-13(19-2)12-15(14)18-16/h9-10,12H,3-8,11H2,1-2H3,(H,17,18). The molecule has 0 spiro atoms. The van der Waals surface area contributed by atoms with Crippen LogP contribution in [0.4, 0.5) is 0 Å². The molecule has 0 bridgehead atoms. The number of benzene rings is 1. The number of ether oxygens (including phenoxy) is 1. The minimum absolute atomic E-state index is 0.869. The topological polar surface area (TPSA) is 37.9 Å². The summed E-state index contributed by atoms with van der Waals surface area (Å²) in [5, 5.41) is 1.02. The SMILES string of the molecule is CCCCCCCCSc1nc2ccc(OC)cc2[nH]1. The summed E-state index contributed by atoms with van der Waals surface area (Å²) >= 11 is 1.82. The van der Waals surface area contributed by atoms with Crippen LogP contribution in [-0.4, -0.2) is 22.8 Å². The lowest BCUT2D eigenvalue weighted by Crippen LogP contribution is -1.83. The Kier molecular flexibility index (Phi) is 6.25. The smallest absolute Gasteiger partial charge is 0.166 e. The molecule has 0 atom stereocenters. The Bertz CT molecular complexity index is 524. The van der Waals surface area contributed by atoms with Crippen molar-refractivity contribution in [1.82, 2.24) is 9.97 Å². The average Bonchev–Trinajstić information content (AvgIpc) is 2.87. The molecule has 0 saturated carbocycles. The molecule has 0 fully saturated rings. The van der Waals surface area contributed by atoms with E-state index in [4.69, 9.17) is 4.74 Å². The van der Waals surface area contributed by atoms with Crippen molar-refractivity contribution in [3.63, 3.8) is 0 Å². The summed E-state index contributed by atoms with van der Waals surface area (Å²) in [5.74, 6) is 2.01. The molecule has 0 unspecified atom stereocenters. The number of nitrogens with one attached hydrogen (secondary N) is 1. The monoisotopic (exact) mass is 292 g/mol. The fraction of sp³-hybridized carbons (Fsp3) is 0.562. The zero-order valence-corrected chi connectivity index (χ0v) is 13.3. The third-order valence-corrected chi connectivity index (χ3v) is 4.36. The molecule has 1 N–H and O–H groups in total. The molecule has 20 heavy (non-hydrogen) atoms. The first-order valence-electron chi connectivity index (χ1n) is 7.50. The van der Waals surface area contributed by atoms with E-state index in [1.54, 1.807) is 7.11 Å². The van der Waals surface area contributed by atoms with Crippen molar-refractivity contribution in [2.45, 2.75) is 50.6 Å².